The third kappa shape index (κ3) is 3.78. The molecule has 3 nitrogen and oxygen atoms in total. The summed E-state index contributed by atoms with van der Waals surface area (Å²) in [6.07, 6.45) is 4.44. The molecule has 21 heavy (non-hydrogen) atoms. The number of rotatable bonds is 4. The maximum Gasteiger partial charge on any atom is 0.224 e. The predicted octanol–water partition coefficient (Wildman–Crippen LogP) is 4.58. The van der Waals surface area contributed by atoms with Gasteiger partial charge in [0.15, 0.2) is 0 Å². The first kappa shape index (κ1) is 15.9. The minimum absolute atomic E-state index is 0.0645. The lowest BCUT2D eigenvalue weighted by Gasteiger charge is -2.36. The average molecular weight is 288 g/mol. The first-order valence-electron chi connectivity index (χ1n) is 8.19. The van der Waals surface area contributed by atoms with E-state index in [0.29, 0.717) is 24.3 Å². The Morgan fingerprint density at radius 2 is 1.81 bits per heavy atom. The van der Waals surface area contributed by atoms with Crippen LogP contribution in [0.5, 0.6) is 0 Å². The molecule has 1 aliphatic carbocycles. The lowest BCUT2D eigenvalue weighted by atomic mass is 9.78. The van der Waals surface area contributed by atoms with E-state index in [-0.39, 0.29) is 5.91 Å². The van der Waals surface area contributed by atoms with Gasteiger partial charge in [-0.2, -0.15) is 0 Å². The van der Waals surface area contributed by atoms with Gasteiger partial charge in [0.1, 0.15) is 0 Å². The van der Waals surface area contributed by atoms with Gasteiger partial charge in [-0.05, 0) is 49.3 Å². The van der Waals surface area contributed by atoms with Crippen molar-refractivity contribution in [3.05, 3.63) is 23.8 Å². The fraction of sp³-hybridized carbons (Fsp3) is 0.611. The molecule has 0 radical (unpaired) electrons. The Morgan fingerprint density at radius 1 is 1.19 bits per heavy atom. The molecule has 1 amide bonds. The molecule has 2 unspecified atom stereocenters. The molecule has 0 aromatic heterocycles. The van der Waals surface area contributed by atoms with E-state index in [1.807, 2.05) is 19.1 Å². The molecule has 2 rings (SSSR count). The molecule has 0 aliphatic heterocycles. The highest BCUT2D eigenvalue weighted by atomic mass is 16.1. The quantitative estimate of drug-likeness (QED) is 0.851. The summed E-state index contributed by atoms with van der Waals surface area (Å²) >= 11 is 0. The van der Waals surface area contributed by atoms with Crippen LogP contribution in [0.25, 0.3) is 0 Å². The summed E-state index contributed by atoms with van der Waals surface area (Å²) < 4.78 is 0. The Morgan fingerprint density at radius 3 is 2.43 bits per heavy atom. The van der Waals surface area contributed by atoms with Gasteiger partial charge in [-0.15, -0.1) is 0 Å². The molecule has 1 aromatic rings. The Balaban J connectivity index is 2.16. The minimum atomic E-state index is 0.0645. The molecule has 116 valence electrons. The number of anilines is 2. The molecule has 0 bridgehead atoms. The van der Waals surface area contributed by atoms with E-state index >= 15 is 0 Å². The van der Waals surface area contributed by atoms with Gasteiger partial charge in [-0.3, -0.25) is 4.79 Å². The number of amides is 1. The van der Waals surface area contributed by atoms with Crippen LogP contribution in [-0.2, 0) is 4.79 Å². The summed E-state index contributed by atoms with van der Waals surface area (Å²) in [4.78, 5) is 11.6. The summed E-state index contributed by atoms with van der Waals surface area (Å²) in [6.45, 7) is 8.63. The van der Waals surface area contributed by atoms with E-state index in [9.17, 15) is 4.79 Å². The van der Waals surface area contributed by atoms with Crippen LogP contribution in [-0.4, -0.2) is 11.9 Å². The van der Waals surface area contributed by atoms with Crippen LogP contribution in [0.15, 0.2) is 18.2 Å². The fourth-order valence-electron chi connectivity index (χ4n) is 3.31. The molecule has 2 atom stereocenters. The van der Waals surface area contributed by atoms with Crippen molar-refractivity contribution in [3.8, 4) is 0 Å². The van der Waals surface area contributed by atoms with Crippen molar-refractivity contribution in [2.45, 2.75) is 59.4 Å². The van der Waals surface area contributed by atoms with Gasteiger partial charge < -0.3 is 10.6 Å². The number of hydrogen-bond acceptors (Lipinski definition) is 2. The van der Waals surface area contributed by atoms with Crippen molar-refractivity contribution >= 4 is 17.3 Å². The van der Waals surface area contributed by atoms with Gasteiger partial charge in [0, 0.05) is 23.8 Å². The van der Waals surface area contributed by atoms with E-state index in [1.165, 1.54) is 19.3 Å². The summed E-state index contributed by atoms with van der Waals surface area (Å²) in [5.74, 6) is 1.46. The lowest BCUT2D eigenvalue weighted by Crippen LogP contribution is -2.37. The first-order valence-corrected chi connectivity index (χ1v) is 8.19. The molecule has 2 N–H and O–H groups in total. The van der Waals surface area contributed by atoms with Crippen molar-refractivity contribution in [2.75, 3.05) is 10.6 Å². The molecule has 0 spiro atoms. The number of benzene rings is 1. The van der Waals surface area contributed by atoms with Crippen LogP contribution in [0.1, 0.15) is 52.0 Å². The van der Waals surface area contributed by atoms with Crippen molar-refractivity contribution < 1.29 is 4.79 Å². The van der Waals surface area contributed by atoms with Crippen LogP contribution in [0.4, 0.5) is 11.4 Å². The summed E-state index contributed by atoms with van der Waals surface area (Å²) in [7, 11) is 0. The Bertz CT molecular complexity index is 488. The molecule has 1 fully saturated rings. The van der Waals surface area contributed by atoms with E-state index in [0.717, 1.165) is 16.9 Å². The van der Waals surface area contributed by atoms with Gasteiger partial charge in [-0.25, -0.2) is 0 Å². The second-order valence-corrected chi connectivity index (χ2v) is 6.44. The van der Waals surface area contributed by atoms with Crippen LogP contribution in [0.3, 0.4) is 0 Å². The third-order valence-electron chi connectivity index (χ3n) is 4.80. The molecule has 0 saturated heterocycles. The van der Waals surface area contributed by atoms with Gasteiger partial charge in [-0.1, -0.05) is 33.3 Å². The Kier molecular flexibility index (Phi) is 5.27. The van der Waals surface area contributed by atoms with E-state index in [4.69, 9.17) is 0 Å². The zero-order chi connectivity index (χ0) is 15.4. The van der Waals surface area contributed by atoms with Crippen molar-refractivity contribution in [3.63, 3.8) is 0 Å². The molecule has 0 heterocycles. The minimum Gasteiger partial charge on any atom is -0.381 e. The summed E-state index contributed by atoms with van der Waals surface area (Å²) in [5, 5.41) is 6.71. The SMILES string of the molecule is CCC(=O)Nc1cccc(NC2C(C)CCCC2C)c1C. The topological polar surface area (TPSA) is 41.1 Å². The van der Waals surface area contributed by atoms with Crippen LogP contribution >= 0.6 is 0 Å². The predicted molar refractivity (Wildman–Crippen MR) is 89.7 cm³/mol. The standard InChI is InChI=1S/C18H28N2O/c1-5-17(21)19-15-10-7-11-16(14(15)4)20-18-12(2)8-6-9-13(18)3/h7,10-13,18,20H,5-6,8-9H2,1-4H3,(H,19,21). The number of carbonyl (C=O) groups is 1. The first-order chi connectivity index (χ1) is 10.0. The van der Waals surface area contributed by atoms with Gasteiger partial charge in [0.25, 0.3) is 0 Å². The second-order valence-electron chi connectivity index (χ2n) is 6.44. The second kappa shape index (κ2) is 6.97. The molecule has 1 aliphatic rings. The van der Waals surface area contributed by atoms with Gasteiger partial charge >= 0.3 is 0 Å². The molecule has 1 aromatic carbocycles. The van der Waals surface area contributed by atoms with Crippen molar-refractivity contribution in [1.29, 1.82) is 0 Å². The van der Waals surface area contributed by atoms with E-state index < -0.39 is 0 Å². The zero-order valence-electron chi connectivity index (χ0n) is 13.7. The zero-order valence-corrected chi connectivity index (χ0v) is 13.7. The highest BCUT2D eigenvalue weighted by molar-refractivity contribution is 5.92. The largest absolute Gasteiger partial charge is 0.381 e. The number of hydrogen-bond donors (Lipinski definition) is 2. The molecule has 1 saturated carbocycles. The third-order valence-corrected chi connectivity index (χ3v) is 4.80. The summed E-state index contributed by atoms with van der Waals surface area (Å²) in [6, 6.07) is 6.63. The molecule has 3 heteroatoms. The molecular weight excluding hydrogens is 260 g/mol. The molecular formula is C18H28N2O. The maximum atomic E-state index is 11.6. The van der Waals surface area contributed by atoms with E-state index in [1.54, 1.807) is 0 Å². The fourth-order valence-corrected chi connectivity index (χ4v) is 3.31. The van der Waals surface area contributed by atoms with E-state index in [2.05, 4.69) is 37.5 Å². The normalized spacial score (nSPS) is 25.4. The maximum absolute atomic E-state index is 11.6. The smallest absolute Gasteiger partial charge is 0.224 e. The average Bonchev–Trinajstić information content (AvgIpc) is 2.46. The highest BCUT2D eigenvalue weighted by Gasteiger charge is 2.27. The number of carbonyl (C=O) groups excluding carboxylic acids is 1. The van der Waals surface area contributed by atoms with Gasteiger partial charge in [0.05, 0.1) is 0 Å². The Labute approximate surface area is 128 Å². The Hall–Kier alpha value is -1.51. The van der Waals surface area contributed by atoms with Crippen LogP contribution in [0.2, 0.25) is 0 Å². The monoisotopic (exact) mass is 288 g/mol. The van der Waals surface area contributed by atoms with Gasteiger partial charge in [0.2, 0.25) is 5.91 Å². The lowest BCUT2D eigenvalue weighted by molar-refractivity contribution is -0.115. The van der Waals surface area contributed by atoms with Crippen LogP contribution in [0, 0.1) is 18.8 Å². The highest BCUT2D eigenvalue weighted by Crippen LogP contribution is 2.33. The van der Waals surface area contributed by atoms with Crippen LogP contribution < -0.4 is 10.6 Å². The van der Waals surface area contributed by atoms with Crippen molar-refractivity contribution in [2.24, 2.45) is 11.8 Å². The van der Waals surface area contributed by atoms with Crippen molar-refractivity contribution in [1.82, 2.24) is 0 Å². The number of nitrogens with one attached hydrogen (secondary N) is 2. The summed E-state index contributed by atoms with van der Waals surface area (Å²) in [5.41, 5.74) is 3.20.